The van der Waals surface area contributed by atoms with E-state index in [2.05, 4.69) is 13.8 Å². The molecule has 4 aliphatic rings. The van der Waals surface area contributed by atoms with E-state index in [1.54, 1.807) is 12.1 Å². The van der Waals surface area contributed by atoms with Crippen LogP contribution in [0.4, 0.5) is 4.79 Å². The molecule has 1 aromatic rings. The Hall–Kier alpha value is -1.84. The number of hydrogen-bond donors (Lipinski definition) is 0. The molecule has 0 bridgehead atoms. The van der Waals surface area contributed by atoms with Crippen LogP contribution in [0, 0.1) is 35.5 Å². The van der Waals surface area contributed by atoms with Crippen LogP contribution >= 0.6 is 0 Å². The first-order chi connectivity index (χ1) is 12.3. The maximum Gasteiger partial charge on any atom is 0.514 e. The second kappa shape index (κ2) is 4.90. The third kappa shape index (κ3) is 1.71. The zero-order valence-corrected chi connectivity index (χ0v) is 15.7. The normalized spacial score (nSPS) is 45.0. The highest BCUT2D eigenvalue weighted by Crippen LogP contribution is 2.84. The molecule has 4 fully saturated rings. The molecule has 0 heterocycles. The Bertz CT molecular complexity index is 799. The topological polar surface area (TPSA) is 52.6 Å². The van der Waals surface area contributed by atoms with Gasteiger partial charge in [0.05, 0.1) is 0 Å². The molecule has 0 aromatic heterocycles. The van der Waals surface area contributed by atoms with Gasteiger partial charge < -0.3 is 9.47 Å². The molecule has 1 aromatic carbocycles. The summed E-state index contributed by atoms with van der Waals surface area (Å²) in [6.45, 7) is 6.53. The molecular weight excluding hydrogens is 328 g/mol. The van der Waals surface area contributed by atoms with Crippen molar-refractivity contribution in [3.63, 3.8) is 0 Å². The summed E-state index contributed by atoms with van der Waals surface area (Å²) in [5.74, 6) is 1.74. The van der Waals surface area contributed by atoms with E-state index >= 15 is 0 Å². The summed E-state index contributed by atoms with van der Waals surface area (Å²) < 4.78 is 11.6. The molecular formula is C22H26O4. The molecule has 2 unspecified atom stereocenters. The minimum Gasteiger partial charge on any atom is -0.427 e. The maximum absolute atomic E-state index is 12.7. The lowest BCUT2D eigenvalue weighted by Gasteiger charge is -2.61. The van der Waals surface area contributed by atoms with Crippen molar-refractivity contribution < 1.29 is 19.1 Å². The Kier molecular flexibility index (Phi) is 3.08. The highest BCUT2D eigenvalue weighted by atomic mass is 16.7. The van der Waals surface area contributed by atoms with Crippen molar-refractivity contribution in [2.45, 2.75) is 58.5 Å². The van der Waals surface area contributed by atoms with Gasteiger partial charge in [0.25, 0.3) is 0 Å². The Morgan fingerprint density at radius 1 is 1.15 bits per heavy atom. The van der Waals surface area contributed by atoms with Crippen LogP contribution in [0.5, 0.6) is 5.75 Å². The molecule has 138 valence electrons. The fourth-order valence-corrected chi connectivity index (χ4v) is 7.51. The van der Waals surface area contributed by atoms with Crippen molar-refractivity contribution in [2.75, 3.05) is 0 Å². The van der Waals surface area contributed by atoms with Gasteiger partial charge in [-0.2, -0.15) is 0 Å². The Morgan fingerprint density at radius 2 is 1.88 bits per heavy atom. The van der Waals surface area contributed by atoms with E-state index in [4.69, 9.17) is 9.47 Å². The number of ether oxygens (including phenoxy) is 2. The van der Waals surface area contributed by atoms with Crippen molar-refractivity contribution in [3.05, 3.63) is 29.8 Å². The largest absolute Gasteiger partial charge is 0.514 e. The monoisotopic (exact) mass is 354 g/mol. The highest BCUT2D eigenvalue weighted by Gasteiger charge is 2.86. The summed E-state index contributed by atoms with van der Waals surface area (Å²) in [5, 5.41) is 0. The van der Waals surface area contributed by atoms with Crippen molar-refractivity contribution in [2.24, 2.45) is 28.6 Å². The molecule has 0 amide bonds. The molecule has 0 radical (unpaired) electrons. The summed E-state index contributed by atoms with van der Waals surface area (Å²) >= 11 is 0. The van der Waals surface area contributed by atoms with Gasteiger partial charge in [0.1, 0.15) is 17.1 Å². The van der Waals surface area contributed by atoms with Crippen molar-refractivity contribution in [3.8, 4) is 5.75 Å². The van der Waals surface area contributed by atoms with Gasteiger partial charge in [-0.1, -0.05) is 31.5 Å². The van der Waals surface area contributed by atoms with E-state index < -0.39 is 11.8 Å². The maximum atomic E-state index is 12.7. The van der Waals surface area contributed by atoms with E-state index in [9.17, 15) is 9.59 Å². The lowest BCUT2D eigenvalue weighted by molar-refractivity contribution is -0.197. The van der Waals surface area contributed by atoms with Crippen LogP contribution in [0.15, 0.2) is 24.3 Å². The van der Waals surface area contributed by atoms with Gasteiger partial charge in [0, 0.05) is 17.8 Å². The van der Waals surface area contributed by atoms with Gasteiger partial charge >= 0.3 is 6.16 Å². The second-order valence-corrected chi connectivity index (χ2v) is 9.41. The summed E-state index contributed by atoms with van der Waals surface area (Å²) in [7, 11) is 0. The van der Waals surface area contributed by atoms with E-state index in [1.165, 1.54) is 0 Å². The van der Waals surface area contributed by atoms with Gasteiger partial charge in [-0.3, -0.25) is 4.79 Å². The molecule has 0 saturated heterocycles. The first-order valence-electron chi connectivity index (χ1n) is 9.82. The first-order valence-corrected chi connectivity index (χ1v) is 9.82. The average molecular weight is 354 g/mol. The summed E-state index contributed by atoms with van der Waals surface area (Å²) in [5.41, 5.74) is 0.568. The molecule has 4 saturated carbocycles. The van der Waals surface area contributed by atoms with Crippen LogP contribution in [0.2, 0.25) is 0 Å². The van der Waals surface area contributed by atoms with Gasteiger partial charge in [0.2, 0.25) is 0 Å². The Balaban J connectivity index is 1.45. The highest BCUT2D eigenvalue weighted by molar-refractivity contribution is 5.88. The number of rotatable bonds is 2. The number of benzene rings is 1. The summed E-state index contributed by atoms with van der Waals surface area (Å²) in [4.78, 5) is 25.3. The summed E-state index contributed by atoms with van der Waals surface area (Å²) in [6.07, 6.45) is 3.77. The van der Waals surface area contributed by atoms with Crippen LogP contribution in [0.25, 0.3) is 0 Å². The third-order valence-corrected chi connectivity index (χ3v) is 8.27. The smallest absolute Gasteiger partial charge is 0.427 e. The number of carbonyl (C=O) groups is 2. The van der Waals surface area contributed by atoms with Crippen molar-refractivity contribution in [1.82, 2.24) is 0 Å². The molecule has 4 nitrogen and oxygen atoms in total. The number of carbonyl (C=O) groups excluding carboxylic acids is 2. The second-order valence-electron chi connectivity index (χ2n) is 9.41. The lowest BCUT2D eigenvalue weighted by Crippen LogP contribution is -2.63. The molecule has 26 heavy (non-hydrogen) atoms. The third-order valence-electron chi connectivity index (χ3n) is 8.27. The molecule has 6 atom stereocenters. The zero-order chi connectivity index (χ0) is 18.3. The Morgan fingerprint density at radius 3 is 2.62 bits per heavy atom. The number of hydrogen-bond acceptors (Lipinski definition) is 4. The van der Waals surface area contributed by atoms with Crippen LogP contribution < -0.4 is 4.74 Å². The van der Waals surface area contributed by atoms with Gasteiger partial charge in [-0.15, -0.1) is 0 Å². The van der Waals surface area contributed by atoms with Crippen LogP contribution in [-0.2, 0) is 9.53 Å². The average Bonchev–Trinajstić information content (AvgIpc) is 3.04. The number of aryl methyl sites for hydroxylation is 1. The fraction of sp³-hybridized carbons (Fsp3) is 0.636. The standard InChI is InChI=1S/C22H26O4/c1-13-4-6-15(7-5-13)25-19(24)26-21-9-8-20(3)12-17-18(23)10-16(14(2)11-21)22(17,20)21/h4-7,14,16-17H,8-12H2,1-3H3/t14-,16?,17+,20-,21+,22?/m1/s1. The van der Waals surface area contributed by atoms with Crippen molar-refractivity contribution in [1.29, 1.82) is 0 Å². The van der Waals surface area contributed by atoms with Gasteiger partial charge in [-0.25, -0.2) is 4.79 Å². The predicted octanol–water partition coefficient (Wildman–Crippen LogP) is 4.68. The number of ketones is 1. The van der Waals surface area contributed by atoms with Gasteiger partial charge in [0.15, 0.2) is 0 Å². The molecule has 4 heteroatoms. The molecule has 5 rings (SSSR count). The minimum absolute atomic E-state index is 0.0807. The molecule has 1 spiro atoms. The fourth-order valence-electron chi connectivity index (χ4n) is 7.51. The molecule has 0 N–H and O–H groups in total. The lowest BCUT2D eigenvalue weighted by atomic mass is 9.43. The van der Waals surface area contributed by atoms with E-state index in [1.807, 2.05) is 19.1 Å². The minimum atomic E-state index is -0.620. The molecule has 0 aliphatic heterocycles. The van der Waals surface area contributed by atoms with Crippen LogP contribution in [0.3, 0.4) is 0 Å². The Labute approximate surface area is 154 Å². The van der Waals surface area contributed by atoms with Crippen molar-refractivity contribution >= 4 is 11.9 Å². The number of Topliss-reactive ketones (excluding diaryl/α,β-unsaturated/α-hetero) is 1. The zero-order valence-electron chi connectivity index (χ0n) is 15.7. The predicted molar refractivity (Wildman–Crippen MR) is 95.8 cm³/mol. The quantitative estimate of drug-likeness (QED) is 0.571. The molecule has 4 aliphatic carbocycles. The van der Waals surface area contributed by atoms with E-state index in [0.29, 0.717) is 29.8 Å². The van der Waals surface area contributed by atoms with Crippen LogP contribution in [-0.4, -0.2) is 17.5 Å². The first kappa shape index (κ1) is 16.3. The SMILES string of the molecule is Cc1ccc(OC(=O)O[C@@]23CC[C@]4(C)C[C@H]5C(=O)CC([C@H](C)C2)C543)cc1. The van der Waals surface area contributed by atoms with Gasteiger partial charge in [-0.05, 0) is 62.0 Å². The van der Waals surface area contributed by atoms with Crippen LogP contribution in [0.1, 0.15) is 51.5 Å². The summed E-state index contributed by atoms with van der Waals surface area (Å²) in [6, 6.07) is 7.41. The van der Waals surface area contributed by atoms with E-state index in [-0.39, 0.29) is 16.7 Å². The van der Waals surface area contributed by atoms with E-state index in [0.717, 1.165) is 31.2 Å².